The zero-order chi connectivity index (χ0) is 22.7. The highest BCUT2D eigenvalue weighted by atomic mass is 16.5. The van der Waals surface area contributed by atoms with Gasteiger partial charge in [0.2, 0.25) is 11.7 Å². The van der Waals surface area contributed by atoms with Crippen molar-refractivity contribution in [3.8, 4) is 17.2 Å². The second kappa shape index (κ2) is 9.05. The number of ketones is 1. The lowest BCUT2D eigenvalue weighted by atomic mass is 9.82. The van der Waals surface area contributed by atoms with E-state index >= 15 is 0 Å². The Labute approximate surface area is 185 Å². The average molecular weight is 433 g/mol. The van der Waals surface area contributed by atoms with E-state index in [1.807, 2.05) is 18.2 Å². The molecular weight excluding hydrogens is 410 g/mol. The van der Waals surface area contributed by atoms with Crippen LogP contribution in [0.25, 0.3) is 0 Å². The predicted molar refractivity (Wildman–Crippen MR) is 118 cm³/mol. The number of hydrogen-bond acceptors (Lipinski definition) is 7. The summed E-state index contributed by atoms with van der Waals surface area (Å²) in [6.45, 7) is 0. The summed E-state index contributed by atoms with van der Waals surface area (Å²) < 4.78 is 16.3. The van der Waals surface area contributed by atoms with Crippen LogP contribution in [0.4, 0.5) is 5.95 Å². The molecule has 0 aliphatic heterocycles. The molecule has 8 heteroatoms. The van der Waals surface area contributed by atoms with Crippen LogP contribution in [-0.2, 0) is 6.42 Å². The van der Waals surface area contributed by atoms with Gasteiger partial charge < -0.3 is 14.2 Å². The van der Waals surface area contributed by atoms with Gasteiger partial charge in [-0.2, -0.15) is 0 Å². The second-order valence-corrected chi connectivity index (χ2v) is 7.36. The lowest BCUT2D eigenvalue weighted by Crippen LogP contribution is -2.22. The zero-order valence-electron chi connectivity index (χ0n) is 18.0. The van der Waals surface area contributed by atoms with Gasteiger partial charge >= 0.3 is 0 Å². The number of carbonyl (C=O) groups is 2. The number of aromatic nitrogens is 2. The quantitative estimate of drug-likeness (QED) is 0.633. The van der Waals surface area contributed by atoms with Gasteiger partial charge in [0.15, 0.2) is 17.3 Å². The predicted octanol–water partition coefficient (Wildman–Crippen LogP) is 3.67. The highest BCUT2D eigenvalue weighted by molar-refractivity contribution is 6.03. The van der Waals surface area contributed by atoms with Gasteiger partial charge in [0.05, 0.1) is 32.6 Å². The molecule has 1 amide bonds. The van der Waals surface area contributed by atoms with E-state index in [1.54, 1.807) is 45.6 Å². The first-order chi connectivity index (χ1) is 15.5. The molecule has 32 heavy (non-hydrogen) atoms. The monoisotopic (exact) mass is 433 g/mol. The zero-order valence-corrected chi connectivity index (χ0v) is 18.0. The Bertz CT molecular complexity index is 1140. The third-order valence-electron chi connectivity index (χ3n) is 5.46. The van der Waals surface area contributed by atoms with Crippen LogP contribution < -0.4 is 19.5 Å². The lowest BCUT2D eigenvalue weighted by molar-refractivity contribution is 0.0962. The number of amides is 1. The van der Waals surface area contributed by atoms with Crippen molar-refractivity contribution < 1.29 is 23.8 Å². The first kappa shape index (κ1) is 21.3. The van der Waals surface area contributed by atoms with E-state index in [2.05, 4.69) is 15.3 Å². The fraction of sp³-hybridized carbons (Fsp3) is 0.250. The molecule has 0 fully saturated rings. The van der Waals surface area contributed by atoms with E-state index < -0.39 is 0 Å². The Balaban J connectivity index is 1.62. The molecule has 3 aromatic rings. The molecule has 2 aromatic carbocycles. The SMILES string of the molecule is COc1cc([C@@H]2CC(=O)c3cnc(NC(=O)c4ccccc4)nc3C2)cc(OC)c1OC. The van der Waals surface area contributed by atoms with Gasteiger partial charge in [-0.15, -0.1) is 0 Å². The minimum atomic E-state index is -0.311. The molecule has 1 aliphatic rings. The van der Waals surface area contributed by atoms with Crippen LogP contribution in [0.5, 0.6) is 17.2 Å². The molecule has 0 saturated heterocycles. The summed E-state index contributed by atoms with van der Waals surface area (Å²) in [5.41, 5.74) is 2.46. The minimum absolute atomic E-state index is 0.0501. The van der Waals surface area contributed by atoms with E-state index in [0.717, 1.165) is 5.56 Å². The molecule has 164 valence electrons. The standard InChI is InChI=1S/C24H23N3O5/c1-30-20-11-16(12-21(31-2)22(20)32-3)15-9-18-17(19(28)10-15)13-25-24(26-18)27-23(29)14-7-5-4-6-8-14/h4-8,11-13,15H,9-10H2,1-3H3,(H,25,26,27,29)/t15-/m0/s1. The Morgan fingerprint density at radius 1 is 1.00 bits per heavy atom. The number of methoxy groups -OCH3 is 3. The van der Waals surface area contributed by atoms with Gasteiger partial charge in [-0.05, 0) is 42.2 Å². The van der Waals surface area contributed by atoms with Crippen molar-refractivity contribution in [1.29, 1.82) is 0 Å². The maximum atomic E-state index is 12.8. The summed E-state index contributed by atoms with van der Waals surface area (Å²) in [4.78, 5) is 33.9. The van der Waals surface area contributed by atoms with Crippen molar-refractivity contribution in [3.05, 3.63) is 71.0 Å². The highest BCUT2D eigenvalue weighted by Gasteiger charge is 2.30. The van der Waals surface area contributed by atoms with Crippen LogP contribution >= 0.6 is 0 Å². The lowest BCUT2D eigenvalue weighted by Gasteiger charge is -2.24. The number of nitrogens with one attached hydrogen (secondary N) is 1. The largest absolute Gasteiger partial charge is 0.493 e. The van der Waals surface area contributed by atoms with Gasteiger partial charge in [0.1, 0.15) is 0 Å². The minimum Gasteiger partial charge on any atom is -0.493 e. The summed E-state index contributed by atoms with van der Waals surface area (Å²) in [5, 5.41) is 2.70. The number of benzene rings is 2. The number of hydrogen-bond donors (Lipinski definition) is 1. The van der Waals surface area contributed by atoms with Crippen LogP contribution in [0, 0.1) is 0 Å². The summed E-state index contributed by atoms with van der Waals surface area (Å²) in [6, 6.07) is 12.5. The van der Waals surface area contributed by atoms with Crippen LogP contribution in [0.2, 0.25) is 0 Å². The number of carbonyl (C=O) groups excluding carboxylic acids is 2. The van der Waals surface area contributed by atoms with Crippen LogP contribution in [0.15, 0.2) is 48.7 Å². The van der Waals surface area contributed by atoms with Crippen molar-refractivity contribution in [2.75, 3.05) is 26.6 Å². The summed E-state index contributed by atoms with van der Waals surface area (Å²) in [5.74, 6) is 1.22. The first-order valence-electron chi connectivity index (χ1n) is 10.1. The fourth-order valence-corrected chi connectivity index (χ4v) is 3.84. The normalized spacial score (nSPS) is 15.0. The Morgan fingerprint density at radius 2 is 1.69 bits per heavy atom. The Kier molecular flexibility index (Phi) is 6.02. The van der Waals surface area contributed by atoms with Gasteiger partial charge in [-0.3, -0.25) is 14.9 Å². The van der Waals surface area contributed by atoms with Crippen molar-refractivity contribution in [2.24, 2.45) is 0 Å². The van der Waals surface area contributed by atoms with Gasteiger partial charge in [0, 0.05) is 18.2 Å². The molecule has 0 saturated carbocycles. The molecule has 1 aromatic heterocycles. The topological polar surface area (TPSA) is 99.6 Å². The number of rotatable bonds is 6. The fourth-order valence-electron chi connectivity index (χ4n) is 3.84. The molecule has 1 N–H and O–H groups in total. The van der Waals surface area contributed by atoms with Crippen molar-refractivity contribution in [2.45, 2.75) is 18.8 Å². The van der Waals surface area contributed by atoms with E-state index in [1.165, 1.54) is 6.20 Å². The number of ether oxygens (including phenoxy) is 3. The molecule has 1 heterocycles. The Hall–Kier alpha value is -3.94. The summed E-state index contributed by atoms with van der Waals surface area (Å²) in [7, 11) is 4.65. The van der Waals surface area contributed by atoms with E-state index in [0.29, 0.717) is 46.9 Å². The van der Waals surface area contributed by atoms with Crippen LogP contribution in [-0.4, -0.2) is 43.0 Å². The van der Waals surface area contributed by atoms with Crippen LogP contribution in [0.1, 0.15) is 44.3 Å². The summed E-state index contributed by atoms with van der Waals surface area (Å²) >= 11 is 0. The number of nitrogens with zero attached hydrogens (tertiary/aromatic N) is 2. The number of fused-ring (bicyclic) bond motifs is 1. The molecule has 0 radical (unpaired) electrons. The molecule has 1 atom stereocenters. The van der Waals surface area contributed by atoms with Crippen molar-refractivity contribution >= 4 is 17.6 Å². The smallest absolute Gasteiger partial charge is 0.258 e. The van der Waals surface area contributed by atoms with E-state index in [9.17, 15) is 9.59 Å². The molecule has 1 aliphatic carbocycles. The maximum absolute atomic E-state index is 12.8. The third kappa shape index (κ3) is 4.12. The number of anilines is 1. The molecular formula is C24H23N3O5. The highest BCUT2D eigenvalue weighted by Crippen LogP contribution is 2.42. The van der Waals surface area contributed by atoms with Crippen LogP contribution in [0.3, 0.4) is 0 Å². The van der Waals surface area contributed by atoms with E-state index in [-0.39, 0.29) is 23.6 Å². The van der Waals surface area contributed by atoms with Crippen molar-refractivity contribution in [1.82, 2.24) is 9.97 Å². The molecule has 4 rings (SSSR count). The first-order valence-corrected chi connectivity index (χ1v) is 10.1. The number of Topliss-reactive ketones (excluding diaryl/α,β-unsaturated/α-hetero) is 1. The van der Waals surface area contributed by atoms with Crippen molar-refractivity contribution in [3.63, 3.8) is 0 Å². The Morgan fingerprint density at radius 3 is 2.31 bits per heavy atom. The van der Waals surface area contributed by atoms with E-state index in [4.69, 9.17) is 14.2 Å². The van der Waals surface area contributed by atoms with Gasteiger partial charge in [0.25, 0.3) is 5.91 Å². The van der Waals surface area contributed by atoms with Gasteiger partial charge in [-0.1, -0.05) is 18.2 Å². The maximum Gasteiger partial charge on any atom is 0.258 e. The third-order valence-corrected chi connectivity index (χ3v) is 5.46. The molecule has 0 unspecified atom stereocenters. The molecule has 8 nitrogen and oxygen atoms in total. The molecule has 0 bridgehead atoms. The molecule has 0 spiro atoms. The summed E-state index contributed by atoms with van der Waals surface area (Å²) in [6.07, 6.45) is 2.30. The average Bonchev–Trinajstić information content (AvgIpc) is 2.83. The second-order valence-electron chi connectivity index (χ2n) is 7.36. The van der Waals surface area contributed by atoms with Gasteiger partial charge in [-0.25, -0.2) is 9.97 Å².